The molecule has 0 aromatic carbocycles. The molecule has 1 heteroatoms. The minimum absolute atomic E-state index is 0.345. The van der Waals surface area contributed by atoms with E-state index in [0.29, 0.717) is 11.8 Å². The molecule has 0 bridgehead atoms. The highest BCUT2D eigenvalue weighted by atomic mass is 19.1. The molecule has 0 aliphatic heterocycles. The van der Waals surface area contributed by atoms with Crippen molar-refractivity contribution in [3.63, 3.8) is 0 Å². The van der Waals surface area contributed by atoms with Crippen molar-refractivity contribution in [1.29, 1.82) is 0 Å². The first-order valence-corrected chi connectivity index (χ1v) is 6.23. The van der Waals surface area contributed by atoms with Crippen LogP contribution in [0.25, 0.3) is 0 Å². The minimum atomic E-state index is -0.523. The van der Waals surface area contributed by atoms with Gasteiger partial charge in [0, 0.05) is 0 Å². The second-order valence-electron chi connectivity index (χ2n) is 5.52. The van der Waals surface area contributed by atoms with Crippen LogP contribution < -0.4 is 0 Å². The number of hydrogen-bond donors (Lipinski definition) is 0. The van der Waals surface area contributed by atoms with Crippen LogP contribution in [-0.4, -0.2) is 6.17 Å². The van der Waals surface area contributed by atoms with Gasteiger partial charge in [0.1, 0.15) is 6.17 Å². The largest absolute Gasteiger partial charge is 0.247 e. The van der Waals surface area contributed by atoms with Crippen molar-refractivity contribution in [1.82, 2.24) is 0 Å². The average Bonchev–Trinajstić information content (AvgIpc) is 2.09. The van der Waals surface area contributed by atoms with E-state index in [0.717, 1.165) is 31.6 Å². The molecule has 1 aliphatic rings. The first-order valence-electron chi connectivity index (χ1n) is 6.23. The molecule has 0 saturated heterocycles. The van der Waals surface area contributed by atoms with Gasteiger partial charge in [0.2, 0.25) is 0 Å². The zero-order valence-corrected chi connectivity index (χ0v) is 9.93. The normalized spacial score (nSPS) is 35.4. The molecule has 0 spiro atoms. The number of alkyl halides is 1. The molecule has 14 heavy (non-hydrogen) atoms. The van der Waals surface area contributed by atoms with E-state index in [-0.39, 0.29) is 0 Å². The van der Waals surface area contributed by atoms with Crippen molar-refractivity contribution in [2.45, 2.75) is 65.5 Å². The maximum absolute atomic E-state index is 13.8. The summed E-state index contributed by atoms with van der Waals surface area (Å²) in [6.45, 7) is 6.72. The van der Waals surface area contributed by atoms with Gasteiger partial charge in [-0.1, -0.05) is 40.0 Å². The van der Waals surface area contributed by atoms with Gasteiger partial charge in [0.15, 0.2) is 0 Å². The van der Waals surface area contributed by atoms with Crippen LogP contribution in [0.2, 0.25) is 0 Å². The molecule has 2 unspecified atom stereocenters. The van der Waals surface area contributed by atoms with Crippen LogP contribution in [0.15, 0.2) is 0 Å². The molecule has 0 amide bonds. The third-order valence-electron chi connectivity index (χ3n) is 3.49. The second kappa shape index (κ2) is 5.72. The lowest BCUT2D eigenvalue weighted by Gasteiger charge is -2.27. The third kappa shape index (κ3) is 3.98. The van der Waals surface area contributed by atoms with Gasteiger partial charge in [-0.2, -0.15) is 0 Å². The molecule has 0 aromatic heterocycles. The van der Waals surface area contributed by atoms with Crippen molar-refractivity contribution < 1.29 is 4.39 Å². The molecule has 0 N–H and O–H groups in total. The summed E-state index contributed by atoms with van der Waals surface area (Å²) < 4.78 is 13.8. The fraction of sp³-hybridized carbons (Fsp3) is 1.00. The zero-order chi connectivity index (χ0) is 10.6. The summed E-state index contributed by atoms with van der Waals surface area (Å²) in [6, 6.07) is 0. The molecule has 0 aromatic rings. The van der Waals surface area contributed by atoms with Crippen LogP contribution in [0.3, 0.4) is 0 Å². The molecule has 0 heterocycles. The van der Waals surface area contributed by atoms with E-state index in [1.54, 1.807) is 0 Å². The Morgan fingerprint density at radius 1 is 1.14 bits per heavy atom. The van der Waals surface area contributed by atoms with Gasteiger partial charge in [0.25, 0.3) is 0 Å². The van der Waals surface area contributed by atoms with Gasteiger partial charge >= 0.3 is 0 Å². The van der Waals surface area contributed by atoms with Crippen LogP contribution in [0, 0.1) is 17.8 Å². The van der Waals surface area contributed by atoms with Gasteiger partial charge < -0.3 is 0 Å². The smallest absolute Gasteiger partial charge is 0.103 e. The predicted octanol–water partition coefficient (Wildman–Crippen LogP) is 4.59. The van der Waals surface area contributed by atoms with Crippen LogP contribution >= 0.6 is 0 Å². The fourth-order valence-electron chi connectivity index (χ4n) is 2.59. The summed E-state index contributed by atoms with van der Waals surface area (Å²) in [6.07, 6.45) is 6.03. The lowest BCUT2D eigenvalue weighted by Crippen LogP contribution is -2.21. The molecule has 1 aliphatic carbocycles. The second-order valence-corrected chi connectivity index (χ2v) is 5.52. The van der Waals surface area contributed by atoms with E-state index in [2.05, 4.69) is 20.8 Å². The molecule has 3 atom stereocenters. The summed E-state index contributed by atoms with van der Waals surface area (Å²) in [5, 5.41) is 0. The van der Waals surface area contributed by atoms with Gasteiger partial charge in [-0.3, -0.25) is 0 Å². The molecular weight excluding hydrogens is 175 g/mol. The van der Waals surface area contributed by atoms with Crippen LogP contribution in [0.1, 0.15) is 59.3 Å². The lowest BCUT2D eigenvalue weighted by molar-refractivity contribution is 0.152. The SMILES string of the molecule is CC(C)CC1CCC(C)CCC[C@H]1F. The highest BCUT2D eigenvalue weighted by molar-refractivity contribution is 4.75. The Morgan fingerprint density at radius 3 is 2.50 bits per heavy atom. The Bertz CT molecular complexity index is 153. The Morgan fingerprint density at radius 2 is 1.86 bits per heavy atom. The Kier molecular flexibility index (Phi) is 4.91. The molecule has 1 fully saturated rings. The highest BCUT2D eigenvalue weighted by Crippen LogP contribution is 2.31. The third-order valence-corrected chi connectivity index (χ3v) is 3.49. The zero-order valence-electron chi connectivity index (χ0n) is 9.93. The molecule has 84 valence electrons. The van der Waals surface area contributed by atoms with Crippen molar-refractivity contribution in [3.05, 3.63) is 0 Å². The molecule has 0 radical (unpaired) electrons. The Hall–Kier alpha value is -0.0700. The number of halogens is 1. The minimum Gasteiger partial charge on any atom is -0.247 e. The molecule has 0 nitrogen and oxygen atoms in total. The molecule has 1 saturated carbocycles. The Labute approximate surface area is 88.3 Å². The highest BCUT2D eigenvalue weighted by Gasteiger charge is 2.24. The summed E-state index contributed by atoms with van der Waals surface area (Å²) in [5.74, 6) is 1.81. The van der Waals surface area contributed by atoms with Gasteiger partial charge in [-0.15, -0.1) is 0 Å². The lowest BCUT2D eigenvalue weighted by atomic mass is 9.81. The maximum atomic E-state index is 13.8. The van der Waals surface area contributed by atoms with Crippen molar-refractivity contribution in [3.8, 4) is 0 Å². The van der Waals surface area contributed by atoms with E-state index in [4.69, 9.17) is 0 Å². The fourth-order valence-corrected chi connectivity index (χ4v) is 2.59. The van der Waals surface area contributed by atoms with Crippen molar-refractivity contribution in [2.24, 2.45) is 17.8 Å². The van der Waals surface area contributed by atoms with Crippen LogP contribution in [-0.2, 0) is 0 Å². The number of rotatable bonds is 2. The summed E-state index contributed by atoms with van der Waals surface area (Å²) in [5.41, 5.74) is 0. The summed E-state index contributed by atoms with van der Waals surface area (Å²) in [4.78, 5) is 0. The maximum Gasteiger partial charge on any atom is 0.103 e. The quantitative estimate of drug-likeness (QED) is 0.611. The summed E-state index contributed by atoms with van der Waals surface area (Å²) in [7, 11) is 0. The van der Waals surface area contributed by atoms with E-state index in [1.807, 2.05) is 0 Å². The van der Waals surface area contributed by atoms with Crippen LogP contribution in [0.5, 0.6) is 0 Å². The van der Waals surface area contributed by atoms with E-state index >= 15 is 0 Å². The first kappa shape index (κ1) is 12.0. The Balaban J connectivity index is 2.43. The predicted molar refractivity (Wildman–Crippen MR) is 60.1 cm³/mol. The van der Waals surface area contributed by atoms with E-state index in [9.17, 15) is 4.39 Å². The van der Waals surface area contributed by atoms with E-state index < -0.39 is 6.17 Å². The van der Waals surface area contributed by atoms with Gasteiger partial charge in [0.05, 0.1) is 0 Å². The van der Waals surface area contributed by atoms with Gasteiger partial charge in [-0.25, -0.2) is 4.39 Å². The van der Waals surface area contributed by atoms with Crippen LogP contribution in [0.4, 0.5) is 4.39 Å². The van der Waals surface area contributed by atoms with Crippen molar-refractivity contribution in [2.75, 3.05) is 0 Å². The first-order chi connectivity index (χ1) is 6.59. The summed E-state index contributed by atoms with van der Waals surface area (Å²) >= 11 is 0. The standard InChI is InChI=1S/C13H25F/c1-10(2)9-12-8-7-11(3)5-4-6-13(12)14/h10-13H,4-9H2,1-3H3/t11?,12?,13-/m1/s1. The topological polar surface area (TPSA) is 0 Å². The van der Waals surface area contributed by atoms with E-state index in [1.165, 1.54) is 12.8 Å². The molecule has 1 rings (SSSR count). The number of hydrogen-bond acceptors (Lipinski definition) is 0. The average molecular weight is 200 g/mol. The van der Waals surface area contributed by atoms with Crippen molar-refractivity contribution >= 4 is 0 Å². The van der Waals surface area contributed by atoms with Gasteiger partial charge in [-0.05, 0) is 37.0 Å². The monoisotopic (exact) mass is 200 g/mol. The molecular formula is C13H25F.